The Hall–Kier alpha value is -1.66. The van der Waals surface area contributed by atoms with E-state index in [4.69, 9.17) is 16.1 Å². The van der Waals surface area contributed by atoms with Gasteiger partial charge in [-0.25, -0.2) is 9.97 Å². The van der Waals surface area contributed by atoms with E-state index in [0.29, 0.717) is 6.54 Å². The predicted octanol–water partition coefficient (Wildman–Crippen LogP) is 3.82. The van der Waals surface area contributed by atoms with Crippen LogP contribution in [0, 0.1) is 6.92 Å². The Balaban J connectivity index is 1.91. The number of rotatable bonds is 4. The Morgan fingerprint density at radius 2 is 2.20 bits per heavy atom. The highest BCUT2D eigenvalue weighted by atomic mass is 35.5. The highest BCUT2D eigenvalue weighted by Gasteiger charge is 2.11. The van der Waals surface area contributed by atoms with E-state index in [2.05, 4.69) is 33.4 Å². The van der Waals surface area contributed by atoms with Crippen LogP contribution in [0.5, 0.6) is 0 Å². The molecule has 3 rings (SSSR count). The van der Waals surface area contributed by atoms with Crippen LogP contribution in [0.3, 0.4) is 0 Å². The van der Waals surface area contributed by atoms with E-state index in [1.165, 1.54) is 4.88 Å². The molecule has 0 bridgehead atoms. The summed E-state index contributed by atoms with van der Waals surface area (Å²) in [5.74, 6) is 1.52. The summed E-state index contributed by atoms with van der Waals surface area (Å²) in [6.45, 7) is 4.52. The molecule has 7 heteroatoms. The molecule has 20 heavy (non-hydrogen) atoms. The quantitative estimate of drug-likeness (QED) is 0.742. The standard InChI is InChI=1S/C13H13ClN4OS/c1-3-9-5-10-11(16-13(14)17-12(10)20-9)15-6-8-4-7(2)19-18-8/h4-5H,3,6H2,1-2H3,(H,15,16,17). The van der Waals surface area contributed by atoms with Crippen LogP contribution in [0.4, 0.5) is 5.82 Å². The molecule has 0 fully saturated rings. The lowest BCUT2D eigenvalue weighted by molar-refractivity contribution is 0.391. The van der Waals surface area contributed by atoms with Gasteiger partial charge in [0.1, 0.15) is 22.1 Å². The van der Waals surface area contributed by atoms with Crippen molar-refractivity contribution < 1.29 is 4.52 Å². The molecular weight excluding hydrogens is 296 g/mol. The van der Waals surface area contributed by atoms with E-state index in [0.717, 1.165) is 33.9 Å². The molecule has 0 atom stereocenters. The normalized spacial score (nSPS) is 11.2. The molecule has 3 heterocycles. The first kappa shape index (κ1) is 13.3. The molecule has 0 unspecified atom stereocenters. The average Bonchev–Trinajstić information content (AvgIpc) is 3.01. The molecular formula is C13H13ClN4OS. The topological polar surface area (TPSA) is 63.8 Å². The smallest absolute Gasteiger partial charge is 0.225 e. The molecule has 0 spiro atoms. The third-order valence-electron chi connectivity index (χ3n) is 2.88. The van der Waals surface area contributed by atoms with Gasteiger partial charge in [0.25, 0.3) is 0 Å². The van der Waals surface area contributed by atoms with Crippen molar-refractivity contribution in [2.45, 2.75) is 26.8 Å². The van der Waals surface area contributed by atoms with Crippen LogP contribution in [0.15, 0.2) is 16.7 Å². The van der Waals surface area contributed by atoms with E-state index in [1.807, 2.05) is 13.0 Å². The zero-order valence-corrected chi connectivity index (χ0v) is 12.7. The Morgan fingerprint density at radius 3 is 2.90 bits per heavy atom. The van der Waals surface area contributed by atoms with Crippen LogP contribution in [-0.4, -0.2) is 15.1 Å². The minimum atomic E-state index is 0.251. The molecule has 0 aliphatic carbocycles. The van der Waals surface area contributed by atoms with Gasteiger partial charge in [0, 0.05) is 10.9 Å². The molecule has 0 aliphatic rings. The molecule has 0 aromatic carbocycles. The molecule has 0 saturated carbocycles. The third-order valence-corrected chi connectivity index (χ3v) is 4.22. The number of hydrogen-bond donors (Lipinski definition) is 1. The monoisotopic (exact) mass is 308 g/mol. The Kier molecular flexibility index (Phi) is 3.58. The van der Waals surface area contributed by atoms with Gasteiger partial charge in [-0.15, -0.1) is 11.3 Å². The van der Waals surface area contributed by atoms with Gasteiger partial charge >= 0.3 is 0 Å². The fourth-order valence-corrected chi connectivity index (χ4v) is 3.12. The summed E-state index contributed by atoms with van der Waals surface area (Å²) < 4.78 is 5.04. The van der Waals surface area contributed by atoms with Gasteiger partial charge in [-0.3, -0.25) is 0 Å². The Morgan fingerprint density at radius 1 is 1.35 bits per heavy atom. The van der Waals surface area contributed by atoms with Crippen LogP contribution in [0.25, 0.3) is 10.2 Å². The number of nitrogens with one attached hydrogen (secondary N) is 1. The minimum absolute atomic E-state index is 0.251. The van der Waals surface area contributed by atoms with Gasteiger partial charge in [-0.1, -0.05) is 12.1 Å². The van der Waals surface area contributed by atoms with Gasteiger partial charge in [-0.05, 0) is 31.0 Å². The lowest BCUT2D eigenvalue weighted by Gasteiger charge is -2.04. The molecule has 3 aromatic rings. The minimum Gasteiger partial charge on any atom is -0.364 e. The number of fused-ring (bicyclic) bond motifs is 1. The van der Waals surface area contributed by atoms with Crippen molar-refractivity contribution in [3.63, 3.8) is 0 Å². The summed E-state index contributed by atoms with van der Waals surface area (Å²) in [6, 6.07) is 3.99. The van der Waals surface area contributed by atoms with Crippen LogP contribution in [0.2, 0.25) is 5.28 Å². The summed E-state index contributed by atoms with van der Waals surface area (Å²) in [4.78, 5) is 10.7. The molecule has 5 nitrogen and oxygen atoms in total. The number of anilines is 1. The van der Waals surface area contributed by atoms with Crippen LogP contribution in [-0.2, 0) is 13.0 Å². The van der Waals surface area contributed by atoms with E-state index < -0.39 is 0 Å². The van der Waals surface area contributed by atoms with E-state index in [-0.39, 0.29) is 5.28 Å². The zero-order valence-electron chi connectivity index (χ0n) is 11.1. The molecule has 1 N–H and O–H groups in total. The second-order valence-electron chi connectivity index (χ2n) is 4.41. The molecule has 0 radical (unpaired) electrons. The first-order chi connectivity index (χ1) is 9.65. The van der Waals surface area contributed by atoms with Crippen molar-refractivity contribution in [2.24, 2.45) is 0 Å². The summed E-state index contributed by atoms with van der Waals surface area (Å²) in [5.41, 5.74) is 0.830. The van der Waals surface area contributed by atoms with E-state index in [9.17, 15) is 0 Å². The van der Waals surface area contributed by atoms with Gasteiger partial charge in [0.15, 0.2) is 0 Å². The van der Waals surface area contributed by atoms with Crippen molar-refractivity contribution in [1.82, 2.24) is 15.1 Å². The van der Waals surface area contributed by atoms with Gasteiger partial charge in [0.05, 0.1) is 11.9 Å². The summed E-state index contributed by atoms with van der Waals surface area (Å²) >= 11 is 7.61. The molecule has 3 aromatic heterocycles. The van der Waals surface area contributed by atoms with E-state index in [1.54, 1.807) is 11.3 Å². The largest absolute Gasteiger partial charge is 0.364 e. The van der Waals surface area contributed by atoms with Crippen LogP contribution < -0.4 is 5.32 Å². The summed E-state index contributed by atoms with van der Waals surface area (Å²) in [7, 11) is 0. The third kappa shape index (κ3) is 2.62. The molecule has 104 valence electrons. The molecule has 0 amide bonds. The zero-order chi connectivity index (χ0) is 14.1. The number of thiophene rings is 1. The SMILES string of the molecule is CCc1cc2c(NCc3cc(C)on3)nc(Cl)nc2s1. The summed E-state index contributed by atoms with van der Waals surface area (Å²) in [5, 5.41) is 8.44. The fourth-order valence-electron chi connectivity index (χ4n) is 1.93. The maximum atomic E-state index is 5.97. The average molecular weight is 309 g/mol. The van der Waals surface area contributed by atoms with Gasteiger partial charge in [0.2, 0.25) is 5.28 Å². The summed E-state index contributed by atoms with van der Waals surface area (Å²) in [6.07, 6.45) is 0.973. The number of halogens is 1. The highest BCUT2D eigenvalue weighted by Crippen LogP contribution is 2.30. The lowest BCUT2D eigenvalue weighted by atomic mass is 10.3. The van der Waals surface area contributed by atoms with Crippen molar-refractivity contribution in [1.29, 1.82) is 0 Å². The maximum absolute atomic E-state index is 5.97. The lowest BCUT2D eigenvalue weighted by Crippen LogP contribution is -2.02. The second-order valence-corrected chi connectivity index (χ2v) is 5.86. The fraction of sp³-hybridized carbons (Fsp3) is 0.308. The maximum Gasteiger partial charge on any atom is 0.225 e. The van der Waals surface area contributed by atoms with Crippen molar-refractivity contribution in [2.75, 3.05) is 5.32 Å². The van der Waals surface area contributed by atoms with E-state index >= 15 is 0 Å². The molecule has 0 aliphatic heterocycles. The predicted molar refractivity (Wildman–Crippen MR) is 80.4 cm³/mol. The Bertz CT molecular complexity index is 752. The first-order valence-electron chi connectivity index (χ1n) is 6.27. The van der Waals surface area contributed by atoms with Crippen LogP contribution >= 0.6 is 22.9 Å². The number of hydrogen-bond acceptors (Lipinski definition) is 6. The van der Waals surface area contributed by atoms with Crippen molar-refractivity contribution >= 4 is 39.0 Å². The van der Waals surface area contributed by atoms with Crippen LogP contribution in [0.1, 0.15) is 23.3 Å². The second kappa shape index (κ2) is 5.38. The van der Waals surface area contributed by atoms with Gasteiger partial charge < -0.3 is 9.84 Å². The Labute approximate surface area is 125 Å². The van der Waals surface area contributed by atoms with Crippen molar-refractivity contribution in [3.05, 3.63) is 33.7 Å². The van der Waals surface area contributed by atoms with Gasteiger partial charge in [-0.2, -0.15) is 0 Å². The molecule has 0 saturated heterocycles. The van der Waals surface area contributed by atoms with Crippen molar-refractivity contribution in [3.8, 4) is 0 Å². The number of aromatic nitrogens is 3. The number of aryl methyl sites for hydroxylation is 2. The number of nitrogens with zero attached hydrogens (tertiary/aromatic N) is 3. The first-order valence-corrected chi connectivity index (χ1v) is 7.47. The highest BCUT2D eigenvalue weighted by molar-refractivity contribution is 7.18.